The van der Waals surface area contributed by atoms with Crippen LogP contribution in [-0.4, -0.2) is 46.7 Å². The van der Waals surface area contributed by atoms with Crippen molar-refractivity contribution in [2.45, 2.75) is 164 Å². The molecule has 2 atom stereocenters. The Balaban J connectivity index is 1.86. The molecule has 8 heteroatoms. The van der Waals surface area contributed by atoms with Crippen LogP contribution < -0.4 is 9.05 Å². The van der Waals surface area contributed by atoms with E-state index in [1.165, 1.54) is 33.4 Å². The maximum absolute atomic E-state index is 7.01. The fraction of sp³-hybridized carbons (Fsp3) is 0.707. The molecule has 4 rings (SSSR count). The fourth-order valence-corrected chi connectivity index (χ4v) is 9.66. The summed E-state index contributed by atoms with van der Waals surface area (Å²) in [5.74, 6) is 1.98. The number of benzene rings is 2. The first-order valence-corrected chi connectivity index (χ1v) is 20.5. The molecule has 2 aliphatic rings. The molecule has 2 heterocycles. The second kappa shape index (κ2) is 13.9. The lowest BCUT2D eigenvalue weighted by atomic mass is 9.76. The minimum absolute atomic E-state index is 0.0343. The molecule has 2 fully saturated rings. The van der Waals surface area contributed by atoms with Gasteiger partial charge in [0.2, 0.25) is 0 Å². The predicted molar refractivity (Wildman–Crippen MR) is 210 cm³/mol. The lowest BCUT2D eigenvalue weighted by Crippen LogP contribution is -2.36. The van der Waals surface area contributed by atoms with Gasteiger partial charge in [-0.2, -0.15) is 0 Å². The molecule has 0 saturated carbocycles. The molecule has 2 unspecified atom stereocenters. The summed E-state index contributed by atoms with van der Waals surface area (Å²) in [6, 6.07) is 9.58. The highest BCUT2D eigenvalue weighted by Crippen LogP contribution is 2.56. The smallest absolute Gasteiger partial charge is 0.321 e. The standard InChI is InChI=1S/C41H68N2O4P2/c1-36(2,3)30-24-28(25-31(37(4,5)6)34(30)46-48-42(19-21-44-48)40(13,14)15)23-29-26-32(38(7,8)9)35(33(27-29)39(10,11)12)47-49-43(20-22-45-49)41(16,17)18/h24-27H,19-23H2,1-18H3. The highest BCUT2D eigenvalue weighted by atomic mass is 31.2. The monoisotopic (exact) mass is 714 g/mol. The molecule has 49 heavy (non-hydrogen) atoms. The SMILES string of the molecule is CC(C)(C)c1cc(Cc2cc(C(C)(C)C)c(OP3OCCN3C(C)(C)C)c(C(C)(C)C)c2)cc(C(C)(C)C)c1OP1OCCN1C(C)(C)C. The summed E-state index contributed by atoms with van der Waals surface area (Å²) in [5, 5.41) is 0. The lowest BCUT2D eigenvalue weighted by Gasteiger charge is -2.36. The number of hydrogen-bond acceptors (Lipinski definition) is 6. The summed E-state index contributed by atoms with van der Waals surface area (Å²) in [5.41, 5.74) is 6.96. The van der Waals surface area contributed by atoms with Gasteiger partial charge in [-0.15, -0.1) is 0 Å². The van der Waals surface area contributed by atoms with Gasteiger partial charge in [0.1, 0.15) is 11.5 Å². The summed E-state index contributed by atoms with van der Waals surface area (Å²) in [7, 11) is -2.41. The van der Waals surface area contributed by atoms with Crippen molar-refractivity contribution in [2.75, 3.05) is 26.3 Å². The van der Waals surface area contributed by atoms with Crippen LogP contribution in [0.1, 0.15) is 158 Å². The molecule has 0 N–H and O–H groups in total. The van der Waals surface area contributed by atoms with Crippen molar-refractivity contribution < 1.29 is 18.1 Å². The minimum Gasteiger partial charge on any atom is -0.435 e. The molecule has 0 amide bonds. The molecular formula is C41H68N2O4P2. The Bertz CT molecular complexity index is 1300. The Morgan fingerprint density at radius 1 is 0.490 bits per heavy atom. The van der Waals surface area contributed by atoms with Crippen LogP contribution in [0.3, 0.4) is 0 Å². The number of rotatable bonds is 6. The molecule has 276 valence electrons. The van der Waals surface area contributed by atoms with Crippen molar-refractivity contribution in [1.29, 1.82) is 0 Å². The lowest BCUT2D eigenvalue weighted by molar-refractivity contribution is 0.267. The quantitative estimate of drug-likeness (QED) is 0.278. The molecule has 0 aromatic heterocycles. The topological polar surface area (TPSA) is 43.4 Å². The maximum atomic E-state index is 7.01. The van der Waals surface area contributed by atoms with Gasteiger partial charge in [0.25, 0.3) is 0 Å². The zero-order chi connectivity index (χ0) is 37.1. The fourth-order valence-electron chi connectivity index (χ4n) is 6.42. The molecule has 0 spiro atoms. The first-order valence-electron chi connectivity index (χ1n) is 18.2. The zero-order valence-corrected chi connectivity index (χ0v) is 36.1. The van der Waals surface area contributed by atoms with Gasteiger partial charge in [0, 0.05) is 46.4 Å². The summed E-state index contributed by atoms with van der Waals surface area (Å²) >= 11 is 0. The molecule has 2 aromatic rings. The number of hydrogen-bond donors (Lipinski definition) is 0. The molecule has 2 aliphatic heterocycles. The van der Waals surface area contributed by atoms with E-state index in [0.717, 1.165) is 31.0 Å². The van der Waals surface area contributed by atoms with Gasteiger partial charge in [-0.05, 0) is 80.8 Å². The van der Waals surface area contributed by atoms with E-state index >= 15 is 0 Å². The van der Waals surface area contributed by atoms with Gasteiger partial charge in [-0.25, -0.2) is 9.34 Å². The van der Waals surface area contributed by atoms with Crippen molar-refractivity contribution in [3.63, 3.8) is 0 Å². The summed E-state index contributed by atoms with van der Waals surface area (Å²) in [4.78, 5) is 0. The van der Waals surface area contributed by atoms with Crippen molar-refractivity contribution in [1.82, 2.24) is 9.34 Å². The van der Waals surface area contributed by atoms with Crippen LogP contribution in [0.4, 0.5) is 0 Å². The van der Waals surface area contributed by atoms with Crippen LogP contribution in [-0.2, 0) is 37.1 Å². The van der Waals surface area contributed by atoms with E-state index in [2.05, 4.69) is 158 Å². The Hall–Kier alpha value is -1.26. The van der Waals surface area contributed by atoms with E-state index in [1.54, 1.807) is 0 Å². The Labute approximate surface area is 302 Å². The van der Waals surface area contributed by atoms with Crippen LogP contribution in [0, 0.1) is 0 Å². The van der Waals surface area contributed by atoms with Gasteiger partial charge in [-0.1, -0.05) is 107 Å². The highest BCUT2D eigenvalue weighted by Gasteiger charge is 2.41. The Kier molecular flexibility index (Phi) is 11.5. The van der Waals surface area contributed by atoms with E-state index < -0.39 is 17.1 Å². The largest absolute Gasteiger partial charge is 0.435 e. The Morgan fingerprint density at radius 3 is 0.980 bits per heavy atom. The normalized spacial score (nSPS) is 20.7. The third-order valence-electron chi connectivity index (χ3n) is 9.23. The van der Waals surface area contributed by atoms with Crippen LogP contribution in [0.25, 0.3) is 0 Å². The third kappa shape index (κ3) is 9.60. The van der Waals surface area contributed by atoms with E-state index in [4.69, 9.17) is 18.1 Å². The number of nitrogens with zero attached hydrogens (tertiary/aromatic N) is 2. The first kappa shape index (κ1) is 40.5. The predicted octanol–water partition coefficient (Wildman–Crippen LogP) is 11.9. The van der Waals surface area contributed by atoms with Crippen molar-refractivity contribution >= 4 is 17.1 Å². The molecule has 6 nitrogen and oxygen atoms in total. The van der Waals surface area contributed by atoms with Gasteiger partial charge in [-0.3, -0.25) is 0 Å². The molecule has 0 aliphatic carbocycles. The van der Waals surface area contributed by atoms with Gasteiger partial charge in [0.15, 0.2) is 0 Å². The second-order valence-corrected chi connectivity index (χ2v) is 22.9. The van der Waals surface area contributed by atoms with Crippen LogP contribution in [0.2, 0.25) is 0 Å². The zero-order valence-electron chi connectivity index (χ0n) is 34.3. The maximum Gasteiger partial charge on any atom is 0.321 e. The van der Waals surface area contributed by atoms with Gasteiger partial charge >= 0.3 is 17.1 Å². The molecule has 2 aromatic carbocycles. The van der Waals surface area contributed by atoms with Crippen LogP contribution in [0.5, 0.6) is 11.5 Å². The molecule has 0 radical (unpaired) electrons. The summed E-state index contributed by atoms with van der Waals surface area (Å²) in [6.07, 6.45) is 0.817. The summed E-state index contributed by atoms with van der Waals surface area (Å²) < 4.78 is 31.4. The average Bonchev–Trinajstić information content (AvgIpc) is 3.57. The van der Waals surface area contributed by atoms with E-state index in [1.807, 2.05) is 0 Å². The van der Waals surface area contributed by atoms with E-state index in [-0.39, 0.29) is 32.7 Å². The minimum atomic E-state index is -1.21. The van der Waals surface area contributed by atoms with Crippen molar-refractivity contribution in [3.8, 4) is 11.5 Å². The van der Waals surface area contributed by atoms with Crippen molar-refractivity contribution in [2.24, 2.45) is 0 Å². The van der Waals surface area contributed by atoms with Crippen LogP contribution >= 0.6 is 17.1 Å². The van der Waals surface area contributed by atoms with Gasteiger partial charge < -0.3 is 18.1 Å². The van der Waals surface area contributed by atoms with Gasteiger partial charge in [0.05, 0.1) is 13.2 Å². The molecular weight excluding hydrogens is 646 g/mol. The van der Waals surface area contributed by atoms with Crippen molar-refractivity contribution in [3.05, 3.63) is 57.6 Å². The first-order chi connectivity index (χ1) is 22.1. The third-order valence-corrected chi connectivity index (χ3v) is 13.1. The van der Waals surface area contributed by atoms with E-state index in [0.29, 0.717) is 13.2 Å². The average molecular weight is 715 g/mol. The molecule has 0 bridgehead atoms. The second-order valence-electron chi connectivity index (χ2n) is 20.1. The summed E-state index contributed by atoms with van der Waals surface area (Å²) in [6.45, 7) is 44.2. The highest BCUT2D eigenvalue weighted by molar-refractivity contribution is 7.45. The molecule has 2 saturated heterocycles. The van der Waals surface area contributed by atoms with Crippen LogP contribution in [0.15, 0.2) is 24.3 Å². The Morgan fingerprint density at radius 2 is 0.755 bits per heavy atom. The van der Waals surface area contributed by atoms with E-state index in [9.17, 15) is 0 Å².